The molecule has 0 aliphatic rings. The van der Waals surface area contributed by atoms with Gasteiger partial charge in [-0.2, -0.15) is 0 Å². The van der Waals surface area contributed by atoms with Crippen LogP contribution in [0.2, 0.25) is 0 Å². The fourth-order valence-electron chi connectivity index (χ4n) is 0.202. The lowest BCUT2D eigenvalue weighted by Gasteiger charge is -1.82. The summed E-state index contributed by atoms with van der Waals surface area (Å²) < 4.78 is 4.77. The van der Waals surface area contributed by atoms with Crippen molar-refractivity contribution in [2.75, 3.05) is 0 Å². The molecule has 0 aliphatic carbocycles. The molecule has 0 heterocycles. The number of hydrogen-bond donors (Lipinski definition) is 0. The molecule has 0 atom stereocenters. The minimum absolute atomic E-state index is 1.62. The summed E-state index contributed by atoms with van der Waals surface area (Å²) in [6, 6.07) is 0. The number of ether oxygens (including phenoxy) is 1. The smallest absolute Gasteiger partial charge is 0.0858 e. The molecular formula is C9H16O. The highest BCUT2D eigenvalue weighted by Crippen LogP contribution is 1.76. The summed E-state index contributed by atoms with van der Waals surface area (Å²) in [6.45, 7) is 9.06. The van der Waals surface area contributed by atoms with E-state index in [4.69, 9.17) is 4.74 Å². The maximum atomic E-state index is 4.77. The van der Waals surface area contributed by atoms with Gasteiger partial charge in [-0.15, -0.1) is 6.58 Å². The Morgan fingerprint density at radius 1 is 1.00 bits per heavy atom. The van der Waals surface area contributed by atoms with E-state index in [2.05, 4.69) is 6.58 Å². The Labute approximate surface area is 63.7 Å². The van der Waals surface area contributed by atoms with Gasteiger partial charge in [-0.25, -0.2) is 0 Å². The van der Waals surface area contributed by atoms with Gasteiger partial charge in [-0.3, -0.25) is 0 Å². The van der Waals surface area contributed by atoms with Crippen molar-refractivity contribution in [1.82, 2.24) is 0 Å². The van der Waals surface area contributed by atoms with Gasteiger partial charge in [0, 0.05) is 0 Å². The van der Waals surface area contributed by atoms with Crippen LogP contribution in [-0.4, -0.2) is 0 Å². The van der Waals surface area contributed by atoms with E-state index in [1.807, 2.05) is 32.9 Å². The van der Waals surface area contributed by atoms with Gasteiger partial charge in [0.15, 0.2) is 0 Å². The summed E-state index contributed by atoms with van der Waals surface area (Å²) in [5.41, 5.74) is 0. The number of rotatable bonds is 2. The van der Waals surface area contributed by atoms with Crippen molar-refractivity contribution >= 4 is 0 Å². The minimum atomic E-state index is 1.62. The molecule has 0 radical (unpaired) electrons. The molecule has 0 amide bonds. The van der Waals surface area contributed by atoms with Crippen LogP contribution in [0.4, 0.5) is 0 Å². The van der Waals surface area contributed by atoms with Gasteiger partial charge in [-0.1, -0.05) is 18.2 Å². The second-order valence-electron chi connectivity index (χ2n) is 1.48. The molecule has 0 aromatic rings. The third-order valence-electron chi connectivity index (χ3n) is 0.429. The van der Waals surface area contributed by atoms with Gasteiger partial charge < -0.3 is 4.74 Å². The number of allylic oxidation sites excluding steroid dienone is 3. The van der Waals surface area contributed by atoms with E-state index in [-0.39, 0.29) is 0 Å². The van der Waals surface area contributed by atoms with Crippen LogP contribution in [-0.2, 0) is 4.74 Å². The number of hydrogen-bond acceptors (Lipinski definition) is 1. The fraction of sp³-hybridized carbons (Fsp3) is 0.333. The lowest BCUT2D eigenvalue weighted by Crippen LogP contribution is -1.59. The molecule has 0 fully saturated rings. The lowest BCUT2D eigenvalue weighted by atomic mass is 10.7. The lowest BCUT2D eigenvalue weighted by molar-refractivity contribution is 0.401. The van der Waals surface area contributed by atoms with E-state index >= 15 is 0 Å². The van der Waals surface area contributed by atoms with Gasteiger partial charge in [0.05, 0.1) is 12.5 Å². The molecule has 0 spiro atoms. The first kappa shape index (κ1) is 11.8. The summed E-state index contributed by atoms with van der Waals surface area (Å²) in [7, 11) is 0. The molecule has 10 heavy (non-hydrogen) atoms. The molecule has 0 saturated heterocycles. The monoisotopic (exact) mass is 140 g/mol. The van der Waals surface area contributed by atoms with Crippen LogP contribution >= 0.6 is 0 Å². The quantitative estimate of drug-likeness (QED) is 0.422. The normalized spacial score (nSPS) is 9.10. The third kappa shape index (κ3) is 27.9. The molecule has 0 aliphatic heterocycles. The summed E-state index contributed by atoms with van der Waals surface area (Å²) >= 11 is 0. The highest BCUT2D eigenvalue weighted by atomic mass is 16.5. The molecular weight excluding hydrogens is 124 g/mol. The summed E-state index contributed by atoms with van der Waals surface area (Å²) in [4.78, 5) is 0. The molecule has 0 aromatic heterocycles. The average molecular weight is 140 g/mol. The first-order chi connectivity index (χ1) is 4.83. The maximum Gasteiger partial charge on any atom is 0.0858 e. The SMILES string of the molecule is C=CC.CC=COC=CC. The van der Waals surface area contributed by atoms with Crippen LogP contribution in [0, 0.1) is 0 Å². The van der Waals surface area contributed by atoms with Crippen molar-refractivity contribution in [1.29, 1.82) is 0 Å². The summed E-state index contributed by atoms with van der Waals surface area (Å²) in [5, 5.41) is 0. The van der Waals surface area contributed by atoms with Crippen molar-refractivity contribution in [2.45, 2.75) is 20.8 Å². The Bertz CT molecular complexity index is 91.3. The third-order valence-corrected chi connectivity index (χ3v) is 0.429. The van der Waals surface area contributed by atoms with E-state index in [9.17, 15) is 0 Å². The first-order valence-electron chi connectivity index (χ1n) is 3.28. The zero-order chi connectivity index (χ0) is 8.24. The molecule has 0 rings (SSSR count). The Morgan fingerprint density at radius 2 is 1.30 bits per heavy atom. The predicted molar refractivity (Wildman–Crippen MR) is 46.6 cm³/mol. The summed E-state index contributed by atoms with van der Waals surface area (Å²) in [6.07, 6.45) is 8.67. The first-order valence-corrected chi connectivity index (χ1v) is 3.28. The fourth-order valence-corrected chi connectivity index (χ4v) is 0.202. The van der Waals surface area contributed by atoms with Gasteiger partial charge in [0.25, 0.3) is 0 Å². The second kappa shape index (κ2) is 15.7. The highest BCUT2D eigenvalue weighted by Gasteiger charge is 1.57. The molecule has 1 nitrogen and oxygen atoms in total. The van der Waals surface area contributed by atoms with E-state index in [1.165, 1.54) is 0 Å². The molecule has 0 aromatic carbocycles. The van der Waals surface area contributed by atoms with Crippen LogP contribution in [0.15, 0.2) is 37.3 Å². The van der Waals surface area contributed by atoms with Crippen molar-refractivity contribution in [2.24, 2.45) is 0 Å². The zero-order valence-electron chi connectivity index (χ0n) is 7.00. The van der Waals surface area contributed by atoms with Crippen molar-refractivity contribution in [3.8, 4) is 0 Å². The van der Waals surface area contributed by atoms with Gasteiger partial charge >= 0.3 is 0 Å². The largest absolute Gasteiger partial charge is 0.473 e. The Balaban J connectivity index is 0. The Morgan fingerprint density at radius 3 is 1.50 bits per heavy atom. The van der Waals surface area contributed by atoms with Crippen LogP contribution in [0.3, 0.4) is 0 Å². The average Bonchev–Trinajstić information content (AvgIpc) is 1.91. The molecule has 1 heteroatoms. The van der Waals surface area contributed by atoms with Crippen LogP contribution < -0.4 is 0 Å². The topological polar surface area (TPSA) is 9.23 Å². The van der Waals surface area contributed by atoms with E-state index in [0.717, 1.165) is 0 Å². The van der Waals surface area contributed by atoms with Crippen LogP contribution in [0.1, 0.15) is 20.8 Å². The molecule has 0 unspecified atom stereocenters. The highest BCUT2D eigenvalue weighted by molar-refractivity contribution is 4.73. The van der Waals surface area contributed by atoms with E-state index in [1.54, 1.807) is 18.6 Å². The van der Waals surface area contributed by atoms with E-state index < -0.39 is 0 Å². The molecule has 58 valence electrons. The van der Waals surface area contributed by atoms with Gasteiger partial charge in [-0.05, 0) is 20.8 Å². The predicted octanol–water partition coefficient (Wildman–Crippen LogP) is 3.26. The van der Waals surface area contributed by atoms with E-state index in [0.29, 0.717) is 0 Å². The summed E-state index contributed by atoms with van der Waals surface area (Å²) in [5.74, 6) is 0. The Kier molecular flexibility index (Phi) is 18.5. The minimum Gasteiger partial charge on any atom is -0.473 e. The van der Waals surface area contributed by atoms with Crippen molar-refractivity contribution < 1.29 is 4.74 Å². The second-order valence-corrected chi connectivity index (χ2v) is 1.48. The van der Waals surface area contributed by atoms with Gasteiger partial charge in [0.2, 0.25) is 0 Å². The molecule has 0 bridgehead atoms. The maximum absolute atomic E-state index is 4.77. The van der Waals surface area contributed by atoms with Crippen LogP contribution in [0.5, 0.6) is 0 Å². The zero-order valence-corrected chi connectivity index (χ0v) is 7.00. The van der Waals surface area contributed by atoms with Crippen LogP contribution in [0.25, 0.3) is 0 Å². The van der Waals surface area contributed by atoms with Crippen molar-refractivity contribution in [3.05, 3.63) is 37.3 Å². The standard InChI is InChI=1S/C6H10O.C3H6/c1-3-5-7-6-4-2;1-3-2/h3-6H,1-2H3;3H,1H2,2H3. The Hall–Kier alpha value is -0.980. The molecule has 0 saturated carbocycles. The van der Waals surface area contributed by atoms with Gasteiger partial charge in [0.1, 0.15) is 0 Å². The van der Waals surface area contributed by atoms with Crippen molar-refractivity contribution in [3.63, 3.8) is 0 Å². The molecule has 0 N–H and O–H groups in total.